The van der Waals surface area contributed by atoms with Crippen molar-refractivity contribution < 1.29 is 4.74 Å². The molecule has 0 aliphatic heterocycles. The van der Waals surface area contributed by atoms with E-state index < -0.39 is 5.60 Å². The summed E-state index contributed by atoms with van der Waals surface area (Å²) in [6.07, 6.45) is 3.15. The average Bonchev–Trinajstić information content (AvgIpc) is 2.65. The van der Waals surface area contributed by atoms with Crippen LogP contribution in [0.4, 0.5) is 5.82 Å². The van der Waals surface area contributed by atoms with Crippen molar-refractivity contribution in [1.29, 1.82) is 0 Å². The van der Waals surface area contributed by atoms with Crippen LogP contribution in [0.1, 0.15) is 44.3 Å². The van der Waals surface area contributed by atoms with Crippen LogP contribution < -0.4 is 5.73 Å². The molecule has 1 heterocycles. The predicted octanol–water partition coefficient (Wildman–Crippen LogP) is 1.82. The number of nitrogen functional groups attached to an aromatic ring is 1. The van der Waals surface area contributed by atoms with Crippen LogP contribution in [0, 0.1) is 0 Å². The normalized spacial score (nSPS) is 15.2. The Labute approximate surface area is 96.2 Å². The molecule has 1 aromatic heterocycles. The second kappa shape index (κ2) is 4.01. The van der Waals surface area contributed by atoms with E-state index in [4.69, 9.17) is 10.5 Å². The van der Waals surface area contributed by atoms with E-state index in [0.717, 1.165) is 30.5 Å². The highest BCUT2D eigenvalue weighted by Gasteiger charge is 2.27. The molecule has 4 nitrogen and oxygen atoms in total. The summed E-state index contributed by atoms with van der Waals surface area (Å²) in [4.78, 5) is 8.97. The second-order valence-corrected chi connectivity index (χ2v) is 4.65. The molecule has 1 aliphatic rings. The number of nitrogens with zero attached hydrogens (tertiary/aromatic N) is 2. The molecule has 0 unspecified atom stereocenters. The van der Waals surface area contributed by atoms with Crippen molar-refractivity contribution in [3.8, 4) is 0 Å². The van der Waals surface area contributed by atoms with Crippen LogP contribution in [0.5, 0.6) is 0 Å². The van der Waals surface area contributed by atoms with Gasteiger partial charge in [0.15, 0.2) is 5.82 Å². The van der Waals surface area contributed by atoms with Gasteiger partial charge in [0.25, 0.3) is 0 Å². The predicted molar refractivity (Wildman–Crippen MR) is 63.1 cm³/mol. The molecule has 0 spiro atoms. The summed E-state index contributed by atoms with van der Waals surface area (Å²) in [5.74, 6) is 1.33. The van der Waals surface area contributed by atoms with Gasteiger partial charge in [0.1, 0.15) is 11.4 Å². The Bertz CT molecular complexity index is 401. The number of aryl methyl sites for hydroxylation is 1. The van der Waals surface area contributed by atoms with Crippen molar-refractivity contribution in [2.45, 2.75) is 45.6 Å². The summed E-state index contributed by atoms with van der Waals surface area (Å²) in [6.45, 7) is 6.57. The van der Waals surface area contributed by atoms with E-state index in [9.17, 15) is 0 Å². The van der Waals surface area contributed by atoms with Gasteiger partial charge < -0.3 is 10.5 Å². The zero-order chi connectivity index (χ0) is 11.8. The van der Waals surface area contributed by atoms with Crippen LogP contribution in [-0.2, 0) is 23.2 Å². The SMILES string of the molecule is CCOC(C)(C)c1nc(N)c2c(n1)CCC2. The van der Waals surface area contributed by atoms with E-state index in [0.29, 0.717) is 18.2 Å². The van der Waals surface area contributed by atoms with Crippen molar-refractivity contribution in [1.82, 2.24) is 9.97 Å². The minimum absolute atomic E-state index is 0.458. The maximum absolute atomic E-state index is 5.96. The van der Waals surface area contributed by atoms with Gasteiger partial charge >= 0.3 is 0 Å². The first-order valence-corrected chi connectivity index (χ1v) is 5.84. The maximum Gasteiger partial charge on any atom is 0.162 e. The lowest BCUT2D eigenvalue weighted by Crippen LogP contribution is -2.26. The number of hydrogen-bond donors (Lipinski definition) is 1. The van der Waals surface area contributed by atoms with Crippen LogP contribution in [0.3, 0.4) is 0 Å². The molecule has 0 amide bonds. The first-order valence-electron chi connectivity index (χ1n) is 5.84. The van der Waals surface area contributed by atoms with E-state index in [2.05, 4.69) is 9.97 Å². The average molecular weight is 221 g/mol. The Morgan fingerprint density at radius 2 is 2.06 bits per heavy atom. The molecule has 1 aromatic rings. The first-order chi connectivity index (χ1) is 7.54. The van der Waals surface area contributed by atoms with Gasteiger partial charge in [-0.05, 0) is 40.0 Å². The molecule has 88 valence electrons. The molecule has 0 saturated carbocycles. The lowest BCUT2D eigenvalue weighted by Gasteiger charge is -2.23. The summed E-state index contributed by atoms with van der Waals surface area (Å²) < 4.78 is 5.65. The third-order valence-corrected chi connectivity index (χ3v) is 3.01. The summed E-state index contributed by atoms with van der Waals surface area (Å²) in [6, 6.07) is 0. The molecule has 0 radical (unpaired) electrons. The minimum atomic E-state index is -0.458. The zero-order valence-electron chi connectivity index (χ0n) is 10.2. The summed E-state index contributed by atoms with van der Waals surface area (Å²) in [7, 11) is 0. The van der Waals surface area contributed by atoms with Crippen LogP contribution in [0.15, 0.2) is 0 Å². The lowest BCUT2D eigenvalue weighted by atomic mass is 10.1. The van der Waals surface area contributed by atoms with Gasteiger partial charge in [-0.1, -0.05) is 0 Å². The molecule has 16 heavy (non-hydrogen) atoms. The number of rotatable bonds is 3. The van der Waals surface area contributed by atoms with Crippen molar-refractivity contribution in [2.75, 3.05) is 12.3 Å². The fourth-order valence-electron chi connectivity index (χ4n) is 2.16. The molecule has 0 bridgehead atoms. The number of ether oxygens (including phenoxy) is 1. The van der Waals surface area contributed by atoms with Gasteiger partial charge in [0.05, 0.1) is 0 Å². The largest absolute Gasteiger partial charge is 0.383 e. The Kier molecular flexibility index (Phi) is 2.84. The zero-order valence-corrected chi connectivity index (χ0v) is 10.2. The van der Waals surface area contributed by atoms with E-state index in [1.54, 1.807) is 0 Å². The van der Waals surface area contributed by atoms with Crippen LogP contribution in [-0.4, -0.2) is 16.6 Å². The van der Waals surface area contributed by atoms with E-state index >= 15 is 0 Å². The van der Waals surface area contributed by atoms with Gasteiger partial charge in [-0.25, -0.2) is 9.97 Å². The van der Waals surface area contributed by atoms with Gasteiger partial charge in [-0.3, -0.25) is 0 Å². The highest BCUT2D eigenvalue weighted by atomic mass is 16.5. The summed E-state index contributed by atoms with van der Waals surface area (Å²) in [5.41, 5.74) is 7.74. The van der Waals surface area contributed by atoms with Crippen LogP contribution in [0.25, 0.3) is 0 Å². The fourth-order valence-corrected chi connectivity index (χ4v) is 2.16. The summed E-state index contributed by atoms with van der Waals surface area (Å²) in [5, 5.41) is 0. The molecule has 1 aliphatic carbocycles. The smallest absolute Gasteiger partial charge is 0.162 e. The molecular formula is C12H19N3O. The highest BCUT2D eigenvalue weighted by molar-refractivity contribution is 5.45. The molecule has 0 atom stereocenters. The van der Waals surface area contributed by atoms with Gasteiger partial charge in [-0.15, -0.1) is 0 Å². The quantitative estimate of drug-likeness (QED) is 0.845. The molecular weight excluding hydrogens is 202 g/mol. The second-order valence-electron chi connectivity index (χ2n) is 4.65. The number of fused-ring (bicyclic) bond motifs is 1. The van der Waals surface area contributed by atoms with E-state index in [-0.39, 0.29) is 0 Å². The Morgan fingerprint density at radius 1 is 1.31 bits per heavy atom. The number of hydrogen-bond acceptors (Lipinski definition) is 4. The monoisotopic (exact) mass is 221 g/mol. The maximum atomic E-state index is 5.96. The van der Waals surface area contributed by atoms with E-state index in [1.165, 1.54) is 0 Å². The van der Waals surface area contributed by atoms with Crippen molar-refractivity contribution >= 4 is 5.82 Å². The van der Waals surface area contributed by atoms with Gasteiger partial charge in [0.2, 0.25) is 0 Å². The van der Waals surface area contributed by atoms with Crippen molar-refractivity contribution in [2.24, 2.45) is 0 Å². The van der Waals surface area contributed by atoms with Crippen molar-refractivity contribution in [3.63, 3.8) is 0 Å². The van der Waals surface area contributed by atoms with Crippen LogP contribution in [0.2, 0.25) is 0 Å². The first kappa shape index (κ1) is 11.3. The molecule has 2 rings (SSSR count). The number of anilines is 1. The molecule has 0 saturated heterocycles. The Morgan fingerprint density at radius 3 is 2.75 bits per heavy atom. The fraction of sp³-hybridized carbons (Fsp3) is 0.667. The van der Waals surface area contributed by atoms with Crippen LogP contribution >= 0.6 is 0 Å². The molecule has 4 heteroatoms. The number of nitrogens with two attached hydrogens (primary N) is 1. The lowest BCUT2D eigenvalue weighted by molar-refractivity contribution is -0.0208. The Hall–Kier alpha value is -1.16. The third kappa shape index (κ3) is 1.89. The molecule has 2 N–H and O–H groups in total. The molecule has 0 fully saturated rings. The van der Waals surface area contributed by atoms with Crippen molar-refractivity contribution in [3.05, 3.63) is 17.1 Å². The van der Waals surface area contributed by atoms with E-state index in [1.807, 2.05) is 20.8 Å². The summed E-state index contributed by atoms with van der Waals surface area (Å²) >= 11 is 0. The third-order valence-electron chi connectivity index (χ3n) is 3.01. The Balaban J connectivity index is 2.40. The number of aromatic nitrogens is 2. The highest BCUT2D eigenvalue weighted by Crippen LogP contribution is 2.28. The topological polar surface area (TPSA) is 61.0 Å². The van der Waals surface area contributed by atoms with Gasteiger partial charge in [0, 0.05) is 17.9 Å². The van der Waals surface area contributed by atoms with Gasteiger partial charge in [-0.2, -0.15) is 0 Å². The minimum Gasteiger partial charge on any atom is -0.383 e. The standard InChI is InChI=1S/C12H19N3O/c1-4-16-12(2,3)11-14-9-7-5-6-8(9)10(13)15-11/h4-7H2,1-3H3,(H2,13,14,15). The molecule has 0 aromatic carbocycles.